The third kappa shape index (κ3) is 9.66. The zero-order chi connectivity index (χ0) is 39.4. The summed E-state index contributed by atoms with van der Waals surface area (Å²) < 4.78 is 31.0. The number of carbonyl (C=O) groups is 1. The number of carbonyl (C=O) groups excluding carboxylic acids is 1. The van der Waals surface area contributed by atoms with Gasteiger partial charge in [-0.15, -0.1) is 0 Å². The van der Waals surface area contributed by atoms with Crippen LogP contribution in [0.25, 0.3) is 33.1 Å². The van der Waals surface area contributed by atoms with Crippen LogP contribution >= 0.6 is 0 Å². The van der Waals surface area contributed by atoms with Gasteiger partial charge in [0.05, 0.1) is 19.4 Å². The van der Waals surface area contributed by atoms with Crippen LogP contribution in [-0.2, 0) is 29.3 Å². The highest BCUT2D eigenvalue weighted by Gasteiger charge is 2.19. The molecule has 57 heavy (non-hydrogen) atoms. The molecule has 0 amide bonds. The number of para-hydroxylation sites is 1. The van der Waals surface area contributed by atoms with Gasteiger partial charge in [-0.25, -0.2) is 4.79 Å². The van der Waals surface area contributed by atoms with Crippen LogP contribution in [0.4, 0.5) is 0 Å². The normalized spacial score (nSPS) is 10.8. The van der Waals surface area contributed by atoms with Crippen LogP contribution in [0.1, 0.15) is 29.2 Å². The van der Waals surface area contributed by atoms with E-state index < -0.39 is 5.97 Å². The van der Waals surface area contributed by atoms with Crippen molar-refractivity contribution in [2.24, 2.45) is 0 Å². The number of esters is 1. The number of hydrogen-bond acceptors (Lipinski definition) is 6. The molecule has 0 spiro atoms. The second-order valence-corrected chi connectivity index (χ2v) is 13.5. The maximum Gasteiger partial charge on any atom is 0.344 e. The van der Waals surface area contributed by atoms with Gasteiger partial charge < -0.3 is 33.2 Å². The van der Waals surface area contributed by atoms with Gasteiger partial charge in [-0.2, -0.15) is 0 Å². The van der Waals surface area contributed by atoms with E-state index in [-0.39, 0.29) is 6.61 Å². The summed E-state index contributed by atoms with van der Waals surface area (Å²) in [6.07, 6.45) is 1.95. The van der Waals surface area contributed by atoms with E-state index in [1.807, 2.05) is 91.1 Å². The van der Waals surface area contributed by atoms with Crippen LogP contribution in [0.15, 0.2) is 158 Å². The molecule has 0 bridgehead atoms. The van der Waals surface area contributed by atoms with Gasteiger partial charge in [-0.3, -0.25) is 0 Å². The summed E-state index contributed by atoms with van der Waals surface area (Å²) in [5.74, 6) is 2.22. The summed E-state index contributed by atoms with van der Waals surface area (Å²) in [4.78, 5) is 15.0. The average Bonchev–Trinajstić information content (AvgIpc) is 3.85. The van der Waals surface area contributed by atoms with E-state index in [4.69, 9.17) is 23.7 Å². The van der Waals surface area contributed by atoms with Gasteiger partial charge in [0.25, 0.3) is 0 Å². The second kappa shape index (κ2) is 18.6. The third-order valence-electron chi connectivity index (χ3n) is 9.59. The molecule has 0 aliphatic heterocycles. The molecule has 0 saturated heterocycles. The summed E-state index contributed by atoms with van der Waals surface area (Å²) in [5, 5.41) is 2.39. The molecule has 2 heterocycles. The van der Waals surface area contributed by atoms with Gasteiger partial charge in [0.2, 0.25) is 0 Å². The quantitative estimate of drug-likeness (QED) is 0.111. The summed E-state index contributed by atoms with van der Waals surface area (Å²) in [6.45, 7) is 5.61. The van der Waals surface area contributed by atoms with Gasteiger partial charge >= 0.3 is 5.97 Å². The number of methoxy groups -OCH3 is 1. The van der Waals surface area contributed by atoms with Gasteiger partial charge in [0, 0.05) is 29.2 Å². The first-order chi connectivity index (χ1) is 28.0. The van der Waals surface area contributed by atoms with E-state index in [9.17, 15) is 4.79 Å². The topological polar surface area (TPSA) is 83.9 Å². The van der Waals surface area contributed by atoms with Gasteiger partial charge in [0.15, 0.2) is 18.1 Å². The Kier molecular flexibility index (Phi) is 12.5. The highest BCUT2D eigenvalue weighted by molar-refractivity contribution is 5.92. The number of nitrogens with one attached hydrogen (secondary N) is 1. The number of fused-ring (bicyclic) bond motifs is 2. The van der Waals surface area contributed by atoms with Crippen molar-refractivity contribution in [1.82, 2.24) is 9.55 Å². The monoisotopic (exact) mass is 758 g/mol. The van der Waals surface area contributed by atoms with Crippen molar-refractivity contribution in [3.05, 3.63) is 180 Å². The zero-order valence-electron chi connectivity index (χ0n) is 32.4. The van der Waals surface area contributed by atoms with Crippen molar-refractivity contribution in [1.29, 1.82) is 0 Å². The number of ether oxygens (including phenoxy) is 5. The van der Waals surface area contributed by atoms with Crippen molar-refractivity contribution in [2.75, 3.05) is 20.3 Å². The highest BCUT2D eigenvalue weighted by Crippen LogP contribution is 2.38. The number of aromatic nitrogens is 2. The second-order valence-electron chi connectivity index (χ2n) is 13.5. The van der Waals surface area contributed by atoms with Crippen LogP contribution in [0.2, 0.25) is 0 Å². The fraction of sp³-hybridized carbons (Fsp3) is 0.163. The Balaban J connectivity index is 0.000000480. The number of H-pyrrole nitrogens is 1. The molecule has 0 fully saturated rings. The Labute approximate surface area is 333 Å². The molecule has 8 aromatic rings. The number of hydrogen-bond donors (Lipinski definition) is 1. The Hall–Kier alpha value is -6.93. The van der Waals surface area contributed by atoms with Crippen LogP contribution in [0.5, 0.6) is 23.0 Å². The lowest BCUT2D eigenvalue weighted by atomic mass is 10.1. The average molecular weight is 759 g/mol. The minimum atomic E-state index is -0.425. The summed E-state index contributed by atoms with van der Waals surface area (Å²) in [5.41, 5.74) is 8.86. The molecule has 288 valence electrons. The Bertz CT molecular complexity index is 2490. The predicted molar refractivity (Wildman–Crippen MR) is 226 cm³/mol. The first kappa shape index (κ1) is 38.3. The molecule has 0 aliphatic carbocycles. The van der Waals surface area contributed by atoms with E-state index in [2.05, 4.69) is 83.2 Å². The SMILES string of the molecule is CCOC(=O)COc1ccc(Cn2c(-c3ccc(OCc4ccccc4)cc3)c(C)c3cc(OCc4ccccc4)ccc32)cc1OC.c1ccc2[nH]ccc2c1. The Morgan fingerprint density at radius 3 is 2.00 bits per heavy atom. The molecule has 0 atom stereocenters. The lowest BCUT2D eigenvalue weighted by molar-refractivity contribution is -0.145. The summed E-state index contributed by atoms with van der Waals surface area (Å²) >= 11 is 0. The van der Waals surface area contributed by atoms with Crippen LogP contribution < -0.4 is 18.9 Å². The Morgan fingerprint density at radius 2 is 1.32 bits per heavy atom. The van der Waals surface area contributed by atoms with E-state index in [0.29, 0.717) is 37.9 Å². The van der Waals surface area contributed by atoms with Gasteiger partial charge in [-0.1, -0.05) is 84.9 Å². The molecule has 0 aliphatic rings. The zero-order valence-corrected chi connectivity index (χ0v) is 32.4. The Morgan fingerprint density at radius 1 is 0.649 bits per heavy atom. The molecule has 8 nitrogen and oxygen atoms in total. The fourth-order valence-electron chi connectivity index (χ4n) is 6.77. The van der Waals surface area contributed by atoms with Crippen LogP contribution in [0.3, 0.4) is 0 Å². The van der Waals surface area contributed by atoms with E-state index in [1.165, 1.54) is 10.9 Å². The molecule has 1 N–H and O–H groups in total. The van der Waals surface area contributed by atoms with Crippen LogP contribution in [0, 0.1) is 6.92 Å². The standard InChI is InChI=1S/C41H39NO6.C8H7N/c1-4-45-40(43)28-48-38-22-15-32(23-39(38)44-3)25-42-37-21-20-35(47-27-31-13-9-6-10-14-31)24-36(37)29(2)41(42)33-16-18-34(19-17-33)46-26-30-11-7-5-8-12-30;1-2-4-8-7(3-1)5-6-9-8/h5-24H,4,25-28H2,1-3H3;1-6,9H. The molecule has 8 heteroatoms. The van der Waals surface area contributed by atoms with E-state index in [0.717, 1.165) is 55.9 Å². The predicted octanol–water partition coefficient (Wildman–Crippen LogP) is 10.9. The van der Waals surface area contributed by atoms with E-state index >= 15 is 0 Å². The number of nitrogens with zero attached hydrogens (tertiary/aromatic N) is 1. The third-order valence-corrected chi connectivity index (χ3v) is 9.59. The first-order valence-electron chi connectivity index (χ1n) is 19.0. The smallest absolute Gasteiger partial charge is 0.344 e. The van der Waals surface area contributed by atoms with Crippen molar-refractivity contribution in [3.63, 3.8) is 0 Å². The molecule has 0 unspecified atom stereocenters. The number of aryl methyl sites for hydroxylation is 1. The van der Waals surface area contributed by atoms with Crippen LogP contribution in [-0.4, -0.2) is 35.8 Å². The molecular weight excluding hydrogens is 713 g/mol. The molecule has 0 saturated carbocycles. The fourth-order valence-corrected chi connectivity index (χ4v) is 6.77. The molecule has 6 aromatic carbocycles. The molecule has 2 aromatic heterocycles. The minimum absolute atomic E-state index is 0.186. The molecule has 8 rings (SSSR count). The van der Waals surface area contributed by atoms with E-state index in [1.54, 1.807) is 14.0 Å². The first-order valence-corrected chi connectivity index (χ1v) is 19.0. The minimum Gasteiger partial charge on any atom is -0.493 e. The molecule has 0 radical (unpaired) electrons. The number of aromatic amines is 1. The van der Waals surface area contributed by atoms with Crippen molar-refractivity contribution in [2.45, 2.75) is 33.6 Å². The van der Waals surface area contributed by atoms with Crippen molar-refractivity contribution < 1.29 is 28.5 Å². The lowest BCUT2D eigenvalue weighted by Crippen LogP contribution is -2.15. The lowest BCUT2D eigenvalue weighted by Gasteiger charge is -2.15. The maximum absolute atomic E-state index is 11.9. The van der Waals surface area contributed by atoms with Gasteiger partial charge in [0.1, 0.15) is 24.7 Å². The maximum atomic E-state index is 11.9. The number of rotatable bonds is 14. The van der Waals surface area contributed by atoms with Crippen molar-refractivity contribution >= 4 is 27.8 Å². The van der Waals surface area contributed by atoms with Gasteiger partial charge in [-0.05, 0) is 114 Å². The molecular formula is C49H46N2O6. The summed E-state index contributed by atoms with van der Waals surface area (Å²) in [6, 6.07) is 50.9. The number of benzene rings is 6. The summed E-state index contributed by atoms with van der Waals surface area (Å²) in [7, 11) is 1.59. The largest absolute Gasteiger partial charge is 0.493 e. The highest BCUT2D eigenvalue weighted by atomic mass is 16.6. The van der Waals surface area contributed by atoms with Crippen molar-refractivity contribution in [3.8, 4) is 34.3 Å².